The number of benzene rings is 2. The maximum Gasteiger partial charge on any atom is 0.180 e. The third-order valence-corrected chi connectivity index (χ3v) is 4.89. The summed E-state index contributed by atoms with van der Waals surface area (Å²) in [7, 11) is 0. The van der Waals surface area contributed by atoms with E-state index in [4.69, 9.17) is 5.73 Å². The summed E-state index contributed by atoms with van der Waals surface area (Å²) in [5.41, 5.74) is 10.3. The molecule has 0 spiro atoms. The fraction of sp³-hybridized carbons (Fsp3) is 0.318. The van der Waals surface area contributed by atoms with Crippen LogP contribution in [0.5, 0.6) is 0 Å². The standard InChI is InChI=1S/C22H26N8/c1-14(2)12-20-24-21(15(3)23)27-30(20)13-16-8-10-17(11-9-16)18-6-4-5-7-19(18)22-25-28-29-26-22/h4-11,14-15H,12-13,23H2,1-3H3,(H,25,26,28,29). The molecule has 30 heavy (non-hydrogen) atoms. The van der Waals surface area contributed by atoms with Crippen molar-refractivity contribution in [2.75, 3.05) is 0 Å². The Hall–Kier alpha value is -3.39. The molecular weight excluding hydrogens is 376 g/mol. The van der Waals surface area contributed by atoms with Crippen molar-refractivity contribution in [1.82, 2.24) is 35.4 Å². The van der Waals surface area contributed by atoms with E-state index in [0.29, 0.717) is 24.1 Å². The Morgan fingerprint density at radius 3 is 2.37 bits per heavy atom. The molecule has 4 aromatic rings. The summed E-state index contributed by atoms with van der Waals surface area (Å²) in [6, 6.07) is 16.4. The van der Waals surface area contributed by atoms with Crippen molar-refractivity contribution in [1.29, 1.82) is 0 Å². The maximum absolute atomic E-state index is 6.00. The topological polar surface area (TPSA) is 111 Å². The van der Waals surface area contributed by atoms with Crippen LogP contribution >= 0.6 is 0 Å². The first-order valence-corrected chi connectivity index (χ1v) is 10.1. The second kappa shape index (κ2) is 8.54. The number of nitrogens with zero attached hydrogens (tertiary/aromatic N) is 6. The maximum atomic E-state index is 6.00. The minimum Gasteiger partial charge on any atom is -0.321 e. The molecular formula is C22H26N8. The number of nitrogens with one attached hydrogen (secondary N) is 1. The van der Waals surface area contributed by atoms with Crippen molar-refractivity contribution in [3.8, 4) is 22.5 Å². The molecule has 0 radical (unpaired) electrons. The highest BCUT2D eigenvalue weighted by molar-refractivity contribution is 5.80. The van der Waals surface area contributed by atoms with Crippen molar-refractivity contribution in [3.63, 3.8) is 0 Å². The van der Waals surface area contributed by atoms with E-state index in [0.717, 1.165) is 34.5 Å². The van der Waals surface area contributed by atoms with E-state index >= 15 is 0 Å². The van der Waals surface area contributed by atoms with Crippen molar-refractivity contribution in [2.24, 2.45) is 11.7 Å². The average Bonchev–Trinajstić information content (AvgIpc) is 3.39. The third kappa shape index (κ3) is 4.28. The number of rotatable bonds is 7. The molecule has 4 rings (SSSR count). The van der Waals surface area contributed by atoms with Crippen molar-refractivity contribution in [3.05, 3.63) is 65.7 Å². The first-order valence-electron chi connectivity index (χ1n) is 10.1. The third-order valence-electron chi connectivity index (χ3n) is 4.89. The van der Waals surface area contributed by atoms with Gasteiger partial charge in [-0.2, -0.15) is 5.10 Å². The molecule has 0 aliphatic rings. The number of nitrogens with two attached hydrogens (primary N) is 1. The van der Waals surface area contributed by atoms with Crippen LogP contribution in [-0.2, 0) is 13.0 Å². The fourth-order valence-electron chi connectivity index (χ4n) is 3.41. The molecule has 0 saturated heterocycles. The molecule has 8 heteroatoms. The van der Waals surface area contributed by atoms with Gasteiger partial charge in [-0.05, 0) is 40.0 Å². The summed E-state index contributed by atoms with van der Waals surface area (Å²) in [5, 5.41) is 18.9. The fourth-order valence-corrected chi connectivity index (χ4v) is 3.41. The molecule has 1 unspecified atom stereocenters. The van der Waals surface area contributed by atoms with Crippen LogP contribution in [0.25, 0.3) is 22.5 Å². The Morgan fingerprint density at radius 1 is 1.00 bits per heavy atom. The van der Waals surface area contributed by atoms with Crippen LogP contribution in [0.3, 0.4) is 0 Å². The Bertz CT molecular complexity index is 1090. The number of hydrogen-bond acceptors (Lipinski definition) is 6. The molecule has 1 atom stereocenters. The largest absolute Gasteiger partial charge is 0.321 e. The highest BCUT2D eigenvalue weighted by Gasteiger charge is 2.15. The minimum atomic E-state index is -0.179. The molecule has 0 aliphatic carbocycles. The number of hydrogen-bond donors (Lipinski definition) is 2. The molecule has 2 aromatic carbocycles. The summed E-state index contributed by atoms with van der Waals surface area (Å²) < 4.78 is 1.97. The van der Waals surface area contributed by atoms with Gasteiger partial charge in [-0.25, -0.2) is 14.8 Å². The molecule has 8 nitrogen and oxygen atoms in total. The first kappa shape index (κ1) is 19.9. The summed E-state index contributed by atoms with van der Waals surface area (Å²) in [5.74, 6) is 2.82. The first-order chi connectivity index (χ1) is 14.5. The van der Waals surface area contributed by atoms with Crippen molar-refractivity contribution >= 4 is 0 Å². The second-order valence-electron chi connectivity index (χ2n) is 7.92. The van der Waals surface area contributed by atoms with E-state index in [2.05, 4.69) is 74.9 Å². The summed E-state index contributed by atoms with van der Waals surface area (Å²) >= 11 is 0. The highest BCUT2D eigenvalue weighted by Crippen LogP contribution is 2.29. The lowest BCUT2D eigenvalue weighted by molar-refractivity contribution is 0.561. The molecule has 0 aliphatic heterocycles. The Balaban J connectivity index is 1.60. The van der Waals surface area contributed by atoms with Gasteiger partial charge >= 0.3 is 0 Å². The normalized spacial score (nSPS) is 12.4. The minimum absolute atomic E-state index is 0.179. The summed E-state index contributed by atoms with van der Waals surface area (Å²) in [4.78, 5) is 4.66. The van der Waals surface area contributed by atoms with Gasteiger partial charge in [-0.15, -0.1) is 5.10 Å². The lowest BCUT2D eigenvalue weighted by Crippen LogP contribution is -2.10. The zero-order valence-electron chi connectivity index (χ0n) is 17.4. The average molecular weight is 403 g/mol. The van der Waals surface area contributed by atoms with Gasteiger partial charge in [0.2, 0.25) is 0 Å². The van der Waals surface area contributed by atoms with Gasteiger partial charge in [0.05, 0.1) is 12.6 Å². The zero-order valence-corrected chi connectivity index (χ0v) is 17.4. The van der Waals surface area contributed by atoms with E-state index in [1.54, 1.807) is 0 Å². The van der Waals surface area contributed by atoms with E-state index in [9.17, 15) is 0 Å². The molecule has 0 fully saturated rings. The predicted octanol–water partition coefficient (Wildman–Crippen LogP) is 3.39. The molecule has 2 heterocycles. The lowest BCUT2D eigenvalue weighted by Gasteiger charge is -2.10. The van der Waals surface area contributed by atoms with Gasteiger partial charge in [-0.3, -0.25) is 0 Å². The van der Waals surface area contributed by atoms with Gasteiger partial charge in [-0.1, -0.05) is 62.4 Å². The van der Waals surface area contributed by atoms with Crippen LogP contribution in [0.4, 0.5) is 0 Å². The number of H-pyrrole nitrogens is 1. The smallest absolute Gasteiger partial charge is 0.180 e. The van der Waals surface area contributed by atoms with Gasteiger partial charge in [0.15, 0.2) is 11.6 Å². The van der Waals surface area contributed by atoms with Gasteiger partial charge in [0.1, 0.15) is 5.82 Å². The van der Waals surface area contributed by atoms with E-state index in [1.165, 1.54) is 0 Å². The van der Waals surface area contributed by atoms with Crippen molar-refractivity contribution < 1.29 is 0 Å². The second-order valence-corrected chi connectivity index (χ2v) is 7.92. The SMILES string of the molecule is CC(C)Cc1nc(C(C)N)nn1Cc1ccc(-c2ccccc2-c2nnn[nH]2)cc1. The summed E-state index contributed by atoms with van der Waals surface area (Å²) in [6.45, 7) is 6.94. The Labute approximate surface area is 175 Å². The highest BCUT2D eigenvalue weighted by atomic mass is 15.5. The van der Waals surface area contributed by atoms with Crippen LogP contribution in [0, 0.1) is 5.92 Å². The van der Waals surface area contributed by atoms with Crippen LogP contribution in [-0.4, -0.2) is 35.4 Å². The van der Waals surface area contributed by atoms with Crippen LogP contribution in [0.2, 0.25) is 0 Å². The molecule has 154 valence electrons. The molecule has 2 aromatic heterocycles. The quantitative estimate of drug-likeness (QED) is 0.490. The van der Waals surface area contributed by atoms with E-state index in [1.807, 2.05) is 29.8 Å². The lowest BCUT2D eigenvalue weighted by atomic mass is 9.98. The van der Waals surface area contributed by atoms with E-state index < -0.39 is 0 Å². The Morgan fingerprint density at radius 2 is 1.73 bits per heavy atom. The van der Waals surface area contributed by atoms with Gasteiger partial charge in [0.25, 0.3) is 0 Å². The Kier molecular flexibility index (Phi) is 5.67. The van der Waals surface area contributed by atoms with Crippen LogP contribution < -0.4 is 5.73 Å². The molecule has 3 N–H and O–H groups in total. The zero-order chi connectivity index (χ0) is 21.1. The molecule has 0 amide bonds. The van der Waals surface area contributed by atoms with Crippen LogP contribution in [0.1, 0.15) is 44.0 Å². The van der Waals surface area contributed by atoms with Crippen LogP contribution in [0.15, 0.2) is 48.5 Å². The monoisotopic (exact) mass is 402 g/mol. The number of aromatic nitrogens is 7. The number of tetrazole rings is 1. The molecule has 0 bridgehead atoms. The predicted molar refractivity (Wildman–Crippen MR) is 115 cm³/mol. The van der Waals surface area contributed by atoms with Crippen molar-refractivity contribution in [2.45, 2.75) is 39.8 Å². The van der Waals surface area contributed by atoms with Gasteiger partial charge < -0.3 is 5.73 Å². The molecule has 0 saturated carbocycles. The van der Waals surface area contributed by atoms with E-state index in [-0.39, 0.29) is 6.04 Å². The van der Waals surface area contributed by atoms with Gasteiger partial charge in [0, 0.05) is 12.0 Å². The number of aromatic amines is 1. The summed E-state index contributed by atoms with van der Waals surface area (Å²) in [6.07, 6.45) is 0.871.